The van der Waals surface area contributed by atoms with Crippen molar-refractivity contribution in [2.75, 3.05) is 13.2 Å². The van der Waals surface area contributed by atoms with Crippen LogP contribution in [-0.4, -0.2) is 37.2 Å². The van der Waals surface area contributed by atoms with E-state index in [4.69, 9.17) is 14.2 Å². The van der Waals surface area contributed by atoms with Crippen molar-refractivity contribution in [3.05, 3.63) is 134 Å². The van der Waals surface area contributed by atoms with Gasteiger partial charge in [0.25, 0.3) is 0 Å². The Kier molecular flexibility index (Phi) is 60.4. The third kappa shape index (κ3) is 62.3. The van der Waals surface area contributed by atoms with Crippen molar-refractivity contribution in [3.63, 3.8) is 0 Å². The molecule has 0 aromatic carbocycles. The Morgan fingerprint density at radius 3 is 0.792 bits per heavy atom. The number of carbonyl (C=O) groups excluding carboxylic acids is 3. The second kappa shape index (κ2) is 64.1. The van der Waals surface area contributed by atoms with Gasteiger partial charge in [0.15, 0.2) is 6.10 Å². The Bertz CT molecular complexity index is 1650. The zero-order valence-electron chi connectivity index (χ0n) is 49.9. The molecular formula is C71H116O6. The van der Waals surface area contributed by atoms with Gasteiger partial charge in [0.1, 0.15) is 13.2 Å². The molecule has 0 spiro atoms. The molecule has 436 valence electrons. The minimum atomic E-state index is -0.791. The number of ether oxygens (including phenoxy) is 3. The van der Waals surface area contributed by atoms with Crippen LogP contribution in [0.1, 0.15) is 278 Å². The summed E-state index contributed by atoms with van der Waals surface area (Å²) in [6.07, 6.45) is 90.3. The number of hydrogen-bond donors (Lipinski definition) is 0. The molecule has 0 saturated carbocycles. The topological polar surface area (TPSA) is 78.9 Å². The summed E-state index contributed by atoms with van der Waals surface area (Å²) in [5, 5.41) is 0. The van der Waals surface area contributed by atoms with E-state index in [2.05, 4.69) is 154 Å². The van der Waals surface area contributed by atoms with Crippen LogP contribution >= 0.6 is 0 Å². The lowest BCUT2D eigenvalue weighted by atomic mass is 10.1. The largest absolute Gasteiger partial charge is 0.462 e. The zero-order valence-corrected chi connectivity index (χ0v) is 49.9. The van der Waals surface area contributed by atoms with Crippen LogP contribution in [0.25, 0.3) is 0 Å². The van der Waals surface area contributed by atoms with Gasteiger partial charge in [-0.25, -0.2) is 0 Å². The molecule has 0 aromatic rings. The van der Waals surface area contributed by atoms with Crippen molar-refractivity contribution < 1.29 is 28.6 Å². The Morgan fingerprint density at radius 2 is 0.506 bits per heavy atom. The van der Waals surface area contributed by atoms with Gasteiger partial charge in [0, 0.05) is 19.3 Å². The van der Waals surface area contributed by atoms with Crippen LogP contribution < -0.4 is 0 Å². The van der Waals surface area contributed by atoms with Gasteiger partial charge in [0.2, 0.25) is 0 Å². The zero-order chi connectivity index (χ0) is 55.7. The van der Waals surface area contributed by atoms with E-state index in [1.807, 2.05) is 0 Å². The van der Waals surface area contributed by atoms with Crippen molar-refractivity contribution in [1.82, 2.24) is 0 Å². The summed E-state index contributed by atoms with van der Waals surface area (Å²) in [6.45, 7) is 6.38. The highest BCUT2D eigenvalue weighted by Crippen LogP contribution is 2.15. The Morgan fingerprint density at radius 1 is 0.273 bits per heavy atom. The molecule has 0 bridgehead atoms. The van der Waals surface area contributed by atoms with E-state index in [9.17, 15) is 14.4 Å². The molecule has 0 heterocycles. The van der Waals surface area contributed by atoms with Gasteiger partial charge in [-0.2, -0.15) is 0 Å². The van der Waals surface area contributed by atoms with E-state index in [-0.39, 0.29) is 31.1 Å². The van der Waals surface area contributed by atoms with Crippen molar-refractivity contribution in [3.8, 4) is 0 Å². The highest BCUT2D eigenvalue weighted by atomic mass is 16.6. The van der Waals surface area contributed by atoms with Gasteiger partial charge >= 0.3 is 17.9 Å². The Balaban J connectivity index is 4.30. The number of esters is 3. The first-order valence-electron chi connectivity index (χ1n) is 31.7. The molecule has 1 unspecified atom stereocenters. The van der Waals surface area contributed by atoms with Crippen molar-refractivity contribution in [1.29, 1.82) is 0 Å². The van der Waals surface area contributed by atoms with E-state index in [1.54, 1.807) is 0 Å². The Hall–Kier alpha value is -4.45. The fourth-order valence-electron chi connectivity index (χ4n) is 8.47. The molecule has 0 N–H and O–H groups in total. The molecule has 6 nitrogen and oxygen atoms in total. The second-order valence-corrected chi connectivity index (χ2v) is 20.6. The molecule has 0 rings (SSSR count). The molecule has 0 amide bonds. The average Bonchev–Trinajstić information content (AvgIpc) is 3.43. The molecule has 77 heavy (non-hydrogen) atoms. The lowest BCUT2D eigenvalue weighted by molar-refractivity contribution is -0.167. The maximum Gasteiger partial charge on any atom is 0.306 e. The number of allylic oxidation sites excluding steroid dienone is 22. The summed E-state index contributed by atoms with van der Waals surface area (Å²) >= 11 is 0. The van der Waals surface area contributed by atoms with Crippen LogP contribution in [0.3, 0.4) is 0 Å². The molecule has 6 heteroatoms. The lowest BCUT2D eigenvalue weighted by Gasteiger charge is -2.18. The molecule has 0 aliphatic rings. The molecule has 0 saturated heterocycles. The fourth-order valence-corrected chi connectivity index (χ4v) is 8.47. The SMILES string of the molecule is CC/C=C\C/C=C\C/C=C\C/C=C\C/C=C\C/C=C\CCCCCCCCC(=O)OCC(COC(=O)CCCCCCCCCCC)OC(=O)CCCCCCCCCCC/C=C\C/C=C\C/C=C\C/C=C\C/C=C\CC. The second-order valence-electron chi connectivity index (χ2n) is 20.6. The predicted octanol–water partition coefficient (Wildman–Crippen LogP) is 21.8. The van der Waals surface area contributed by atoms with Crippen LogP contribution in [0.5, 0.6) is 0 Å². The van der Waals surface area contributed by atoms with Crippen molar-refractivity contribution in [2.24, 2.45) is 0 Å². The van der Waals surface area contributed by atoms with Gasteiger partial charge in [-0.3, -0.25) is 14.4 Å². The lowest BCUT2D eigenvalue weighted by Crippen LogP contribution is -2.30. The van der Waals surface area contributed by atoms with Crippen molar-refractivity contribution in [2.45, 2.75) is 284 Å². The quantitative estimate of drug-likeness (QED) is 0.0261. The molecule has 0 fully saturated rings. The molecule has 0 aromatic heterocycles. The average molecular weight is 1070 g/mol. The molecule has 0 aliphatic heterocycles. The standard InChI is InChI=1S/C71H116O6/c1-4-7-10-13-16-19-21-23-25-27-29-31-33-35-37-39-41-43-45-47-49-52-55-58-61-64-70(73)76-67-68(66-75-69(72)63-60-57-54-51-18-15-12-9-6-3)77-71(74)65-62-59-56-53-50-48-46-44-42-40-38-36-34-32-30-28-26-24-22-20-17-14-11-8-5-2/h7-8,10-11,16-17,19-20,23-26,29-32,35-38,41,43,68H,4-6,9,12-15,18,21-22,27-28,33-34,39-40,42,44-67H2,1-3H3/b10-7-,11-8-,19-16-,20-17-,25-23-,26-24-,31-29-,32-30-,37-35-,38-36-,43-41-. The summed E-state index contributed by atoms with van der Waals surface area (Å²) < 4.78 is 16.9. The molecular weight excluding hydrogens is 949 g/mol. The summed E-state index contributed by atoms with van der Waals surface area (Å²) in [6, 6.07) is 0. The highest BCUT2D eigenvalue weighted by Gasteiger charge is 2.19. The van der Waals surface area contributed by atoms with Crippen LogP contribution in [0.15, 0.2) is 134 Å². The third-order valence-corrected chi connectivity index (χ3v) is 13.2. The van der Waals surface area contributed by atoms with Gasteiger partial charge in [-0.1, -0.05) is 276 Å². The fraction of sp³-hybridized carbons (Fsp3) is 0.648. The third-order valence-electron chi connectivity index (χ3n) is 13.2. The van der Waals surface area contributed by atoms with Gasteiger partial charge in [-0.05, 0) is 116 Å². The molecule has 0 radical (unpaired) electrons. The number of hydrogen-bond acceptors (Lipinski definition) is 6. The van der Waals surface area contributed by atoms with E-state index >= 15 is 0 Å². The van der Waals surface area contributed by atoms with Crippen LogP contribution in [0.2, 0.25) is 0 Å². The minimum Gasteiger partial charge on any atom is -0.462 e. The summed E-state index contributed by atoms with van der Waals surface area (Å²) in [5.74, 6) is -0.910. The van der Waals surface area contributed by atoms with Gasteiger partial charge in [0.05, 0.1) is 0 Å². The maximum absolute atomic E-state index is 12.9. The van der Waals surface area contributed by atoms with E-state index < -0.39 is 6.10 Å². The summed E-state index contributed by atoms with van der Waals surface area (Å²) in [5.41, 5.74) is 0. The summed E-state index contributed by atoms with van der Waals surface area (Å²) in [7, 11) is 0. The smallest absolute Gasteiger partial charge is 0.306 e. The normalized spacial score (nSPS) is 13.0. The monoisotopic (exact) mass is 1060 g/mol. The predicted molar refractivity (Wildman–Crippen MR) is 334 cm³/mol. The maximum atomic E-state index is 12.9. The number of carbonyl (C=O) groups is 3. The van der Waals surface area contributed by atoms with Crippen LogP contribution in [0.4, 0.5) is 0 Å². The number of unbranched alkanes of at least 4 members (excludes halogenated alkanes) is 23. The van der Waals surface area contributed by atoms with Crippen molar-refractivity contribution >= 4 is 17.9 Å². The molecule has 1 atom stereocenters. The summed E-state index contributed by atoms with van der Waals surface area (Å²) in [4.78, 5) is 38.2. The Labute approximate surface area is 475 Å². The number of rotatable bonds is 56. The highest BCUT2D eigenvalue weighted by molar-refractivity contribution is 5.71. The van der Waals surface area contributed by atoms with Gasteiger partial charge < -0.3 is 14.2 Å². The molecule has 0 aliphatic carbocycles. The first kappa shape index (κ1) is 72.5. The van der Waals surface area contributed by atoms with E-state index in [0.717, 1.165) is 148 Å². The first-order valence-corrected chi connectivity index (χ1v) is 31.7. The van der Waals surface area contributed by atoms with E-state index in [0.29, 0.717) is 19.3 Å². The van der Waals surface area contributed by atoms with Crippen LogP contribution in [0, 0.1) is 0 Å². The first-order chi connectivity index (χ1) is 38.0. The van der Waals surface area contributed by atoms with Gasteiger partial charge in [-0.15, -0.1) is 0 Å². The van der Waals surface area contributed by atoms with Crippen LogP contribution in [-0.2, 0) is 28.6 Å². The van der Waals surface area contributed by atoms with E-state index in [1.165, 1.54) is 89.9 Å². The minimum absolute atomic E-state index is 0.0871.